The van der Waals surface area contributed by atoms with E-state index in [2.05, 4.69) is 26.1 Å². The van der Waals surface area contributed by atoms with Gasteiger partial charge in [0.05, 0.1) is 6.10 Å². The van der Waals surface area contributed by atoms with E-state index in [1.807, 2.05) is 13.8 Å². The molecule has 21 heavy (non-hydrogen) atoms. The Morgan fingerprint density at radius 3 is 2.62 bits per heavy atom. The van der Waals surface area contributed by atoms with Crippen LogP contribution in [-0.2, 0) is 9.53 Å². The molecular weight excluding hydrogens is 264 g/mol. The fourth-order valence-corrected chi connectivity index (χ4v) is 3.20. The van der Waals surface area contributed by atoms with Crippen molar-refractivity contribution in [3.05, 3.63) is 0 Å². The zero-order chi connectivity index (χ0) is 16.0. The number of unbranched alkanes of at least 4 members (excludes halogenated alkanes) is 1. The lowest BCUT2D eigenvalue weighted by atomic mass is 9.61. The topological polar surface area (TPSA) is 64.3 Å². The molecule has 4 heteroatoms. The molecule has 1 aliphatic carbocycles. The summed E-state index contributed by atoms with van der Waals surface area (Å²) in [7, 11) is 0. The lowest BCUT2D eigenvalue weighted by molar-refractivity contribution is -0.132. The van der Waals surface area contributed by atoms with E-state index < -0.39 is 0 Å². The largest absolute Gasteiger partial charge is 0.379 e. The molecule has 0 aliphatic heterocycles. The molecule has 1 saturated carbocycles. The van der Waals surface area contributed by atoms with Crippen LogP contribution in [0, 0.1) is 17.3 Å². The summed E-state index contributed by atoms with van der Waals surface area (Å²) in [5.74, 6) is 0.657. The molecule has 1 amide bonds. The van der Waals surface area contributed by atoms with Gasteiger partial charge in [-0.2, -0.15) is 0 Å². The highest BCUT2D eigenvalue weighted by molar-refractivity contribution is 5.79. The second-order valence-electron chi connectivity index (χ2n) is 7.32. The summed E-state index contributed by atoms with van der Waals surface area (Å²) < 4.78 is 5.50. The number of nitrogens with one attached hydrogen (secondary N) is 1. The maximum absolute atomic E-state index is 12.4. The maximum atomic E-state index is 12.4. The zero-order valence-electron chi connectivity index (χ0n) is 14.4. The smallest absolute Gasteiger partial charge is 0.223 e. The Morgan fingerprint density at radius 1 is 1.33 bits per heavy atom. The van der Waals surface area contributed by atoms with Crippen LogP contribution in [0.5, 0.6) is 0 Å². The molecule has 3 N–H and O–H groups in total. The Hall–Kier alpha value is -0.610. The lowest BCUT2D eigenvalue weighted by Gasteiger charge is -2.46. The molecule has 0 aromatic rings. The highest BCUT2D eigenvalue weighted by Gasteiger charge is 2.44. The van der Waals surface area contributed by atoms with Gasteiger partial charge in [0.25, 0.3) is 0 Å². The van der Waals surface area contributed by atoms with Crippen molar-refractivity contribution < 1.29 is 9.53 Å². The number of carbonyl (C=O) groups is 1. The highest BCUT2D eigenvalue weighted by Crippen LogP contribution is 2.44. The van der Waals surface area contributed by atoms with E-state index >= 15 is 0 Å². The number of ether oxygens (including phenoxy) is 1. The van der Waals surface area contributed by atoms with Gasteiger partial charge in [0.15, 0.2) is 0 Å². The molecule has 3 unspecified atom stereocenters. The zero-order valence-corrected chi connectivity index (χ0v) is 14.4. The minimum Gasteiger partial charge on any atom is -0.379 e. The first-order valence-electron chi connectivity index (χ1n) is 8.41. The quantitative estimate of drug-likeness (QED) is 0.710. The van der Waals surface area contributed by atoms with Gasteiger partial charge in [-0.15, -0.1) is 0 Å². The lowest BCUT2D eigenvalue weighted by Crippen LogP contribution is -2.51. The van der Waals surface area contributed by atoms with E-state index in [0.717, 1.165) is 38.8 Å². The van der Waals surface area contributed by atoms with Gasteiger partial charge >= 0.3 is 0 Å². The van der Waals surface area contributed by atoms with Gasteiger partial charge < -0.3 is 15.8 Å². The first-order chi connectivity index (χ1) is 9.76. The van der Waals surface area contributed by atoms with E-state index in [1.165, 1.54) is 0 Å². The average Bonchev–Trinajstić information content (AvgIpc) is 2.39. The van der Waals surface area contributed by atoms with E-state index in [0.29, 0.717) is 5.92 Å². The Morgan fingerprint density at radius 2 is 2.00 bits per heavy atom. The standard InChI is InChI=1S/C17H34N2O2/c1-12(2)21-11-7-6-10-19-16(20)14-8-9-15(18)13(3)17(14,4)5/h12-15H,6-11,18H2,1-5H3,(H,19,20). The first kappa shape index (κ1) is 18.4. The third-order valence-corrected chi connectivity index (χ3v) is 5.14. The molecule has 1 aliphatic rings. The molecule has 1 fully saturated rings. The van der Waals surface area contributed by atoms with Crippen LogP contribution in [0.4, 0.5) is 0 Å². The van der Waals surface area contributed by atoms with Crippen LogP contribution in [0.3, 0.4) is 0 Å². The molecule has 0 saturated heterocycles. The number of hydrogen-bond donors (Lipinski definition) is 2. The third-order valence-electron chi connectivity index (χ3n) is 5.14. The molecule has 0 aromatic carbocycles. The Bertz CT molecular complexity index is 329. The third kappa shape index (κ3) is 5.26. The summed E-state index contributed by atoms with van der Waals surface area (Å²) in [6.07, 6.45) is 4.11. The van der Waals surface area contributed by atoms with Crippen LogP contribution in [0.1, 0.15) is 60.3 Å². The van der Waals surface area contributed by atoms with Gasteiger partial charge in [-0.05, 0) is 50.9 Å². The minimum absolute atomic E-state index is 0.0253. The van der Waals surface area contributed by atoms with Gasteiger partial charge in [-0.1, -0.05) is 20.8 Å². The molecule has 0 aromatic heterocycles. The second-order valence-corrected chi connectivity index (χ2v) is 7.32. The number of amides is 1. The van der Waals surface area contributed by atoms with Crippen molar-refractivity contribution in [3.8, 4) is 0 Å². The second kappa shape index (κ2) is 8.14. The first-order valence-corrected chi connectivity index (χ1v) is 8.41. The molecule has 3 atom stereocenters. The fraction of sp³-hybridized carbons (Fsp3) is 0.941. The van der Waals surface area contributed by atoms with Gasteiger partial charge in [-0.25, -0.2) is 0 Å². The Balaban J connectivity index is 2.31. The summed E-state index contributed by atoms with van der Waals surface area (Å²) in [6, 6.07) is 0.220. The van der Waals surface area contributed by atoms with Crippen LogP contribution in [0.25, 0.3) is 0 Å². The number of carbonyl (C=O) groups excluding carboxylic acids is 1. The predicted molar refractivity (Wildman–Crippen MR) is 87.0 cm³/mol. The van der Waals surface area contributed by atoms with Crippen LogP contribution in [-0.4, -0.2) is 31.2 Å². The number of hydrogen-bond acceptors (Lipinski definition) is 3. The molecule has 124 valence electrons. The van der Waals surface area contributed by atoms with Crippen LogP contribution < -0.4 is 11.1 Å². The summed E-state index contributed by atoms with van der Waals surface area (Å²) in [4.78, 5) is 12.4. The average molecular weight is 298 g/mol. The SMILES string of the molecule is CC(C)OCCCCNC(=O)C1CCC(N)C(C)C1(C)C. The van der Waals surface area contributed by atoms with Crippen LogP contribution in [0.15, 0.2) is 0 Å². The fourth-order valence-electron chi connectivity index (χ4n) is 3.20. The molecule has 0 heterocycles. The monoisotopic (exact) mass is 298 g/mol. The molecule has 0 spiro atoms. The predicted octanol–water partition coefficient (Wildman–Crippen LogP) is 2.71. The molecule has 0 bridgehead atoms. The number of rotatable bonds is 7. The van der Waals surface area contributed by atoms with Crippen molar-refractivity contribution in [3.63, 3.8) is 0 Å². The van der Waals surface area contributed by atoms with E-state index in [9.17, 15) is 4.79 Å². The minimum atomic E-state index is -0.0253. The molecule has 1 rings (SSSR count). The van der Waals surface area contributed by atoms with Gasteiger partial charge in [-0.3, -0.25) is 4.79 Å². The van der Waals surface area contributed by atoms with E-state index in [4.69, 9.17) is 10.5 Å². The van der Waals surface area contributed by atoms with Crippen LogP contribution >= 0.6 is 0 Å². The Kier molecular flexibility index (Phi) is 7.14. The van der Waals surface area contributed by atoms with Crippen molar-refractivity contribution in [2.75, 3.05) is 13.2 Å². The van der Waals surface area contributed by atoms with E-state index in [1.54, 1.807) is 0 Å². The van der Waals surface area contributed by atoms with Crippen molar-refractivity contribution in [1.82, 2.24) is 5.32 Å². The Labute approximate surface area is 130 Å². The van der Waals surface area contributed by atoms with E-state index in [-0.39, 0.29) is 29.4 Å². The van der Waals surface area contributed by atoms with Gasteiger partial charge in [0, 0.05) is 25.1 Å². The van der Waals surface area contributed by atoms with Crippen molar-refractivity contribution >= 4 is 5.91 Å². The van der Waals surface area contributed by atoms with Crippen LogP contribution in [0.2, 0.25) is 0 Å². The van der Waals surface area contributed by atoms with Crippen molar-refractivity contribution in [1.29, 1.82) is 0 Å². The molecule has 0 radical (unpaired) electrons. The van der Waals surface area contributed by atoms with Crippen molar-refractivity contribution in [2.24, 2.45) is 23.0 Å². The molecular formula is C17H34N2O2. The summed E-state index contributed by atoms with van der Waals surface area (Å²) >= 11 is 0. The number of nitrogens with two attached hydrogens (primary N) is 1. The molecule has 4 nitrogen and oxygen atoms in total. The highest BCUT2D eigenvalue weighted by atomic mass is 16.5. The van der Waals surface area contributed by atoms with Gasteiger partial charge in [0.2, 0.25) is 5.91 Å². The summed E-state index contributed by atoms with van der Waals surface area (Å²) in [6.45, 7) is 12.1. The summed E-state index contributed by atoms with van der Waals surface area (Å²) in [5.41, 5.74) is 6.12. The summed E-state index contributed by atoms with van der Waals surface area (Å²) in [5, 5.41) is 3.10. The normalized spacial score (nSPS) is 28.6. The van der Waals surface area contributed by atoms with Gasteiger partial charge in [0.1, 0.15) is 0 Å². The maximum Gasteiger partial charge on any atom is 0.223 e. The van der Waals surface area contributed by atoms with Crippen molar-refractivity contribution in [2.45, 2.75) is 72.4 Å².